The molecule has 0 amide bonds. The van der Waals surface area contributed by atoms with Gasteiger partial charge in [0.2, 0.25) is 0 Å². The van der Waals surface area contributed by atoms with E-state index >= 15 is 0 Å². The van der Waals surface area contributed by atoms with Crippen LogP contribution >= 0.6 is 0 Å². The zero-order valence-corrected chi connectivity index (χ0v) is 12.7. The Labute approximate surface area is 125 Å². The number of piperazine rings is 1. The van der Waals surface area contributed by atoms with E-state index in [9.17, 15) is 4.79 Å². The number of benzene rings is 1. The number of esters is 1. The van der Waals surface area contributed by atoms with Crippen molar-refractivity contribution in [3.63, 3.8) is 0 Å². The van der Waals surface area contributed by atoms with Crippen molar-refractivity contribution in [1.29, 1.82) is 0 Å². The molecule has 0 aromatic heterocycles. The Balaban J connectivity index is 2.41. The molecule has 116 valence electrons. The van der Waals surface area contributed by atoms with E-state index in [2.05, 4.69) is 10.2 Å². The van der Waals surface area contributed by atoms with Crippen LogP contribution in [0.1, 0.15) is 11.6 Å². The third-order valence-electron chi connectivity index (χ3n) is 3.67. The number of nitrogens with one attached hydrogen (secondary N) is 1. The average Bonchev–Trinajstić information content (AvgIpc) is 2.55. The highest BCUT2D eigenvalue weighted by Crippen LogP contribution is 2.33. The lowest BCUT2D eigenvalue weighted by Crippen LogP contribution is -2.47. The summed E-state index contributed by atoms with van der Waals surface area (Å²) in [7, 11) is 4.60. The van der Waals surface area contributed by atoms with Gasteiger partial charge in [-0.25, -0.2) is 4.79 Å². The Hall–Kier alpha value is -1.79. The van der Waals surface area contributed by atoms with Crippen molar-refractivity contribution in [1.82, 2.24) is 10.2 Å². The minimum absolute atomic E-state index is 0.288. The molecule has 1 aromatic rings. The van der Waals surface area contributed by atoms with Gasteiger partial charge in [-0.15, -0.1) is 0 Å². The summed E-state index contributed by atoms with van der Waals surface area (Å²) < 4.78 is 15.7. The first-order valence-corrected chi connectivity index (χ1v) is 6.95. The van der Waals surface area contributed by atoms with Crippen molar-refractivity contribution in [2.75, 3.05) is 47.5 Å². The molecule has 0 radical (unpaired) electrons. The van der Waals surface area contributed by atoms with Gasteiger partial charge in [0.05, 0.1) is 21.3 Å². The maximum atomic E-state index is 12.3. The normalized spacial score (nSPS) is 17.1. The Morgan fingerprint density at radius 2 is 1.90 bits per heavy atom. The average molecular weight is 294 g/mol. The van der Waals surface area contributed by atoms with E-state index < -0.39 is 6.04 Å². The molecular formula is C15H22N2O4. The minimum atomic E-state index is -0.484. The van der Waals surface area contributed by atoms with E-state index in [0.29, 0.717) is 11.5 Å². The molecule has 6 heteroatoms. The van der Waals surface area contributed by atoms with E-state index in [1.807, 2.05) is 18.2 Å². The summed E-state index contributed by atoms with van der Waals surface area (Å²) in [6.45, 7) is 3.25. The van der Waals surface area contributed by atoms with Crippen LogP contribution in [0.2, 0.25) is 0 Å². The molecule has 1 saturated heterocycles. The van der Waals surface area contributed by atoms with Crippen LogP contribution in [0, 0.1) is 0 Å². The van der Waals surface area contributed by atoms with E-state index in [1.165, 1.54) is 7.11 Å². The molecule has 1 aliphatic heterocycles. The number of hydrogen-bond donors (Lipinski definition) is 1. The largest absolute Gasteiger partial charge is 0.497 e. The number of rotatable bonds is 5. The summed E-state index contributed by atoms with van der Waals surface area (Å²) in [5, 5.41) is 3.28. The summed E-state index contributed by atoms with van der Waals surface area (Å²) in [4.78, 5) is 14.4. The van der Waals surface area contributed by atoms with Crippen molar-refractivity contribution >= 4 is 5.97 Å². The first kappa shape index (κ1) is 15.6. The van der Waals surface area contributed by atoms with E-state index in [-0.39, 0.29) is 5.97 Å². The van der Waals surface area contributed by atoms with Gasteiger partial charge in [0.1, 0.15) is 17.5 Å². The van der Waals surface area contributed by atoms with Crippen LogP contribution in [0.3, 0.4) is 0 Å². The summed E-state index contributed by atoms with van der Waals surface area (Å²) >= 11 is 0. The van der Waals surface area contributed by atoms with Gasteiger partial charge in [-0.2, -0.15) is 0 Å². The summed E-state index contributed by atoms with van der Waals surface area (Å²) in [5.74, 6) is 1.06. The summed E-state index contributed by atoms with van der Waals surface area (Å²) in [5.41, 5.74) is 0.769. The van der Waals surface area contributed by atoms with Crippen molar-refractivity contribution in [2.45, 2.75) is 6.04 Å². The van der Waals surface area contributed by atoms with Crippen LogP contribution in [0.5, 0.6) is 11.5 Å². The van der Waals surface area contributed by atoms with Gasteiger partial charge in [-0.3, -0.25) is 4.90 Å². The fourth-order valence-corrected chi connectivity index (χ4v) is 2.58. The van der Waals surface area contributed by atoms with Gasteiger partial charge in [-0.05, 0) is 18.2 Å². The van der Waals surface area contributed by atoms with Crippen molar-refractivity contribution in [3.8, 4) is 11.5 Å². The zero-order chi connectivity index (χ0) is 15.2. The molecule has 1 fully saturated rings. The molecule has 1 unspecified atom stereocenters. The predicted octanol–water partition coefficient (Wildman–Crippen LogP) is 0.823. The van der Waals surface area contributed by atoms with Crippen LogP contribution in [0.15, 0.2) is 18.2 Å². The maximum Gasteiger partial charge on any atom is 0.327 e. The number of hydrogen-bond acceptors (Lipinski definition) is 6. The van der Waals surface area contributed by atoms with E-state index in [1.54, 1.807) is 14.2 Å². The van der Waals surface area contributed by atoms with Crippen LogP contribution in [-0.4, -0.2) is 58.4 Å². The first-order chi connectivity index (χ1) is 10.2. The van der Waals surface area contributed by atoms with Crippen molar-refractivity contribution in [2.24, 2.45) is 0 Å². The minimum Gasteiger partial charge on any atom is -0.497 e. The SMILES string of the molecule is COC(=O)C(c1cc(OC)ccc1OC)N1CCNCC1. The molecule has 0 saturated carbocycles. The van der Waals surface area contributed by atoms with Crippen LogP contribution in [0.25, 0.3) is 0 Å². The van der Waals surface area contributed by atoms with Crippen molar-refractivity contribution < 1.29 is 19.0 Å². The molecule has 6 nitrogen and oxygen atoms in total. The standard InChI is InChI=1S/C15H22N2O4/c1-19-11-4-5-13(20-2)12(10-11)14(15(18)21-3)17-8-6-16-7-9-17/h4-5,10,14,16H,6-9H2,1-3H3. The fraction of sp³-hybridized carbons (Fsp3) is 0.533. The molecule has 0 spiro atoms. The number of carbonyl (C=O) groups excluding carboxylic acids is 1. The second kappa shape index (κ2) is 7.28. The highest BCUT2D eigenvalue weighted by atomic mass is 16.5. The molecule has 1 atom stereocenters. The van der Waals surface area contributed by atoms with Crippen LogP contribution in [-0.2, 0) is 9.53 Å². The molecule has 2 rings (SSSR count). The Morgan fingerprint density at radius 3 is 2.48 bits per heavy atom. The lowest BCUT2D eigenvalue weighted by molar-refractivity contribution is -0.147. The third kappa shape index (κ3) is 3.46. The molecular weight excluding hydrogens is 272 g/mol. The summed E-state index contributed by atoms with van der Waals surface area (Å²) in [6, 6.07) is 4.98. The number of methoxy groups -OCH3 is 3. The van der Waals surface area contributed by atoms with Gasteiger partial charge >= 0.3 is 5.97 Å². The highest BCUT2D eigenvalue weighted by molar-refractivity contribution is 5.79. The van der Waals surface area contributed by atoms with Gasteiger partial charge in [0, 0.05) is 31.7 Å². The molecule has 0 aliphatic carbocycles. The number of nitrogens with zero attached hydrogens (tertiary/aromatic N) is 1. The van der Waals surface area contributed by atoms with Crippen LogP contribution < -0.4 is 14.8 Å². The van der Waals surface area contributed by atoms with Crippen LogP contribution in [0.4, 0.5) is 0 Å². The smallest absolute Gasteiger partial charge is 0.327 e. The van der Waals surface area contributed by atoms with Gasteiger partial charge in [0.15, 0.2) is 0 Å². The molecule has 0 bridgehead atoms. The Bertz CT molecular complexity index is 487. The Kier molecular flexibility index (Phi) is 5.41. The van der Waals surface area contributed by atoms with E-state index in [4.69, 9.17) is 14.2 Å². The number of carbonyl (C=O) groups is 1. The zero-order valence-electron chi connectivity index (χ0n) is 12.7. The lowest BCUT2D eigenvalue weighted by Gasteiger charge is -2.34. The number of ether oxygens (including phenoxy) is 3. The lowest BCUT2D eigenvalue weighted by atomic mass is 10.0. The monoisotopic (exact) mass is 294 g/mol. The van der Waals surface area contributed by atoms with Gasteiger partial charge in [0.25, 0.3) is 0 Å². The van der Waals surface area contributed by atoms with Gasteiger partial charge < -0.3 is 19.5 Å². The topological polar surface area (TPSA) is 60.0 Å². The third-order valence-corrected chi connectivity index (χ3v) is 3.67. The van der Waals surface area contributed by atoms with Gasteiger partial charge in [-0.1, -0.05) is 0 Å². The first-order valence-electron chi connectivity index (χ1n) is 6.95. The maximum absolute atomic E-state index is 12.3. The molecule has 21 heavy (non-hydrogen) atoms. The van der Waals surface area contributed by atoms with Crippen molar-refractivity contribution in [3.05, 3.63) is 23.8 Å². The highest BCUT2D eigenvalue weighted by Gasteiger charge is 2.32. The summed E-state index contributed by atoms with van der Waals surface area (Å²) in [6.07, 6.45) is 0. The predicted molar refractivity (Wildman–Crippen MR) is 78.7 cm³/mol. The van der Waals surface area contributed by atoms with E-state index in [0.717, 1.165) is 31.7 Å². The molecule has 1 aliphatic rings. The second-order valence-corrected chi connectivity index (χ2v) is 4.82. The fourth-order valence-electron chi connectivity index (χ4n) is 2.58. The quantitative estimate of drug-likeness (QED) is 0.812. The molecule has 1 aromatic carbocycles. The Morgan fingerprint density at radius 1 is 1.19 bits per heavy atom. The molecule has 1 heterocycles. The second-order valence-electron chi connectivity index (χ2n) is 4.82. The molecule has 1 N–H and O–H groups in total.